The zero-order valence-electron chi connectivity index (χ0n) is 15.7. The minimum absolute atomic E-state index is 0.0804. The fourth-order valence-corrected chi connectivity index (χ4v) is 4.03. The first kappa shape index (κ1) is 19.9. The smallest absolute Gasteiger partial charge is 0.300 e. The molecule has 0 fully saturated rings. The first-order valence-corrected chi connectivity index (χ1v) is 10.1. The minimum Gasteiger partial charge on any atom is -0.481 e. The Kier molecular flexibility index (Phi) is 5.39. The molecule has 0 atom stereocenters. The van der Waals surface area contributed by atoms with Crippen molar-refractivity contribution in [3.63, 3.8) is 0 Å². The van der Waals surface area contributed by atoms with E-state index < -0.39 is 5.97 Å². The Hall–Kier alpha value is -3.42. The van der Waals surface area contributed by atoms with Gasteiger partial charge in [-0.1, -0.05) is 35.1 Å². The number of benzene rings is 2. The molecule has 150 valence electrons. The highest BCUT2D eigenvalue weighted by Crippen LogP contribution is 2.24. The van der Waals surface area contributed by atoms with E-state index in [1.54, 1.807) is 10.5 Å². The van der Waals surface area contributed by atoms with Crippen molar-refractivity contribution in [2.45, 2.75) is 6.92 Å². The summed E-state index contributed by atoms with van der Waals surface area (Å²) in [5.41, 5.74) is 2.50. The lowest BCUT2D eigenvalue weighted by atomic mass is 10.2. The van der Waals surface area contributed by atoms with Gasteiger partial charge in [0.15, 0.2) is 4.96 Å². The molecule has 2 aromatic carbocycles. The number of hydrogen-bond donors (Lipinski definition) is 1. The lowest BCUT2D eigenvalue weighted by molar-refractivity contribution is -0.134. The van der Waals surface area contributed by atoms with E-state index in [-0.39, 0.29) is 5.56 Å². The van der Waals surface area contributed by atoms with Gasteiger partial charge in [-0.25, -0.2) is 9.38 Å². The number of nitrogens with zero attached hydrogens (tertiary/aromatic N) is 2. The quantitative estimate of drug-likeness (QED) is 0.439. The molecule has 5 rings (SSSR count). The Bertz CT molecular complexity index is 1460. The molecule has 1 N–H and O–H groups in total. The van der Waals surface area contributed by atoms with Crippen LogP contribution < -0.4 is 10.1 Å². The summed E-state index contributed by atoms with van der Waals surface area (Å²) in [5, 5.41) is 8.09. The number of aromatic nitrogens is 2. The monoisotopic (exact) mass is 438 g/mol. The number of carboxylic acids is 1. The number of imidazole rings is 1. The number of rotatable bonds is 2. The molecule has 0 aliphatic heterocycles. The van der Waals surface area contributed by atoms with Crippen molar-refractivity contribution in [1.82, 2.24) is 9.38 Å². The Labute approximate surface area is 179 Å². The molecule has 8 heteroatoms. The number of fused-ring (bicyclic) bond motifs is 3. The van der Waals surface area contributed by atoms with Crippen LogP contribution in [0, 0.1) is 0 Å². The van der Waals surface area contributed by atoms with Crippen molar-refractivity contribution >= 4 is 51.0 Å². The molecule has 0 radical (unpaired) electrons. The van der Waals surface area contributed by atoms with Gasteiger partial charge in [0, 0.05) is 23.6 Å². The normalized spacial score (nSPS) is 11.6. The zero-order chi connectivity index (χ0) is 21.3. The van der Waals surface area contributed by atoms with Crippen LogP contribution in [0.25, 0.3) is 33.4 Å². The SMILES string of the molecule is CC(=O)O.O=c1/c(=C/c2ccc(-c3ccc(Cl)cc3)o2)sc2nc3ccccc3n12. The van der Waals surface area contributed by atoms with Gasteiger partial charge in [-0.05, 0) is 48.5 Å². The van der Waals surface area contributed by atoms with Crippen molar-refractivity contribution < 1.29 is 14.3 Å². The summed E-state index contributed by atoms with van der Waals surface area (Å²) < 4.78 is 8.11. The Balaban J connectivity index is 0.000000503. The van der Waals surface area contributed by atoms with Gasteiger partial charge < -0.3 is 9.52 Å². The van der Waals surface area contributed by atoms with Crippen LogP contribution in [0.2, 0.25) is 5.02 Å². The lowest BCUT2D eigenvalue weighted by Gasteiger charge is -1.96. The molecule has 0 saturated carbocycles. The topological polar surface area (TPSA) is 84.8 Å². The van der Waals surface area contributed by atoms with E-state index in [0.29, 0.717) is 20.3 Å². The molecule has 30 heavy (non-hydrogen) atoms. The van der Waals surface area contributed by atoms with Crippen LogP contribution in [0.3, 0.4) is 0 Å². The summed E-state index contributed by atoms with van der Waals surface area (Å²) in [6.07, 6.45) is 1.76. The number of furan rings is 1. The number of hydrogen-bond acceptors (Lipinski definition) is 5. The Morgan fingerprint density at radius 2 is 1.83 bits per heavy atom. The summed E-state index contributed by atoms with van der Waals surface area (Å²) in [7, 11) is 0. The standard InChI is InChI=1S/C20H11ClN2O2S.C2H4O2/c21-13-7-5-12(6-8-13)17-10-9-14(25-17)11-18-19(24)23-16-4-2-1-3-15(16)22-20(23)26-18;1-2(3)4/h1-11H;1H3,(H,3,4)/b18-11-;. The maximum Gasteiger partial charge on any atom is 0.300 e. The molecule has 6 nitrogen and oxygen atoms in total. The first-order chi connectivity index (χ1) is 14.4. The van der Waals surface area contributed by atoms with Crippen LogP contribution in [0.1, 0.15) is 12.7 Å². The lowest BCUT2D eigenvalue weighted by Crippen LogP contribution is -2.22. The Morgan fingerprint density at radius 3 is 2.57 bits per heavy atom. The van der Waals surface area contributed by atoms with Gasteiger partial charge in [0.2, 0.25) is 0 Å². The molecular weight excluding hydrogens is 424 g/mol. The molecule has 0 aliphatic rings. The molecule has 0 amide bonds. The molecule has 3 aromatic heterocycles. The first-order valence-electron chi connectivity index (χ1n) is 8.89. The van der Waals surface area contributed by atoms with Gasteiger partial charge in [-0.15, -0.1) is 0 Å². The maximum atomic E-state index is 12.8. The number of carboxylic acid groups (broad SMARTS) is 1. The summed E-state index contributed by atoms with van der Waals surface area (Å²) in [6, 6.07) is 18.8. The Morgan fingerprint density at radius 1 is 1.13 bits per heavy atom. The van der Waals surface area contributed by atoms with Crippen molar-refractivity contribution in [3.05, 3.63) is 86.3 Å². The highest BCUT2D eigenvalue weighted by atomic mass is 35.5. The zero-order valence-corrected chi connectivity index (χ0v) is 17.3. The van der Waals surface area contributed by atoms with E-state index in [1.165, 1.54) is 11.3 Å². The molecule has 0 spiro atoms. The molecule has 3 heterocycles. The van der Waals surface area contributed by atoms with Crippen LogP contribution in [0.15, 0.2) is 69.9 Å². The highest BCUT2D eigenvalue weighted by Gasteiger charge is 2.11. The molecule has 5 aromatic rings. The van der Waals surface area contributed by atoms with Gasteiger partial charge in [-0.2, -0.15) is 0 Å². The van der Waals surface area contributed by atoms with E-state index in [9.17, 15) is 4.79 Å². The van der Waals surface area contributed by atoms with Crippen molar-refractivity contribution in [1.29, 1.82) is 0 Å². The second-order valence-corrected chi connectivity index (χ2v) is 7.81. The third-order valence-corrected chi connectivity index (χ3v) is 5.39. The summed E-state index contributed by atoms with van der Waals surface area (Å²) >= 11 is 7.28. The van der Waals surface area contributed by atoms with E-state index in [0.717, 1.165) is 29.3 Å². The number of para-hydroxylation sites is 2. The maximum absolute atomic E-state index is 12.8. The van der Waals surface area contributed by atoms with Crippen LogP contribution in [0.5, 0.6) is 0 Å². The second-order valence-electron chi connectivity index (χ2n) is 6.36. The average molecular weight is 439 g/mol. The predicted octanol–water partition coefficient (Wildman–Crippen LogP) is 4.46. The average Bonchev–Trinajstić information content (AvgIpc) is 3.38. The van der Waals surface area contributed by atoms with E-state index in [4.69, 9.17) is 25.9 Å². The molecule has 0 aliphatic carbocycles. The molecular formula is C22H15ClN2O4S. The number of thiazole rings is 1. The number of aliphatic carboxylic acids is 1. The fraction of sp³-hybridized carbons (Fsp3) is 0.0455. The summed E-state index contributed by atoms with van der Waals surface area (Å²) in [4.78, 5) is 27.0. The molecule has 0 saturated heterocycles. The van der Waals surface area contributed by atoms with Crippen molar-refractivity contribution in [2.24, 2.45) is 0 Å². The van der Waals surface area contributed by atoms with Gasteiger partial charge >= 0.3 is 0 Å². The molecule has 0 bridgehead atoms. The van der Waals surface area contributed by atoms with Gasteiger partial charge in [0.1, 0.15) is 16.1 Å². The fourth-order valence-electron chi connectivity index (χ4n) is 2.94. The largest absolute Gasteiger partial charge is 0.481 e. The van der Waals surface area contributed by atoms with Crippen LogP contribution in [-0.2, 0) is 4.79 Å². The minimum atomic E-state index is -0.833. The highest BCUT2D eigenvalue weighted by molar-refractivity contribution is 7.15. The third-order valence-electron chi connectivity index (χ3n) is 4.17. The van der Waals surface area contributed by atoms with Crippen LogP contribution >= 0.6 is 22.9 Å². The number of carbonyl (C=O) groups is 1. The van der Waals surface area contributed by atoms with Crippen LogP contribution in [0.4, 0.5) is 0 Å². The van der Waals surface area contributed by atoms with Gasteiger partial charge in [0.25, 0.3) is 11.5 Å². The van der Waals surface area contributed by atoms with Crippen molar-refractivity contribution in [2.75, 3.05) is 0 Å². The van der Waals surface area contributed by atoms with E-state index in [1.807, 2.05) is 60.7 Å². The summed E-state index contributed by atoms with van der Waals surface area (Å²) in [5.74, 6) is 0.521. The van der Waals surface area contributed by atoms with E-state index >= 15 is 0 Å². The molecule has 0 unspecified atom stereocenters. The third kappa shape index (κ3) is 3.98. The van der Waals surface area contributed by atoms with Crippen LogP contribution in [-0.4, -0.2) is 20.5 Å². The second kappa shape index (κ2) is 8.14. The van der Waals surface area contributed by atoms with Gasteiger partial charge in [0.05, 0.1) is 11.0 Å². The van der Waals surface area contributed by atoms with Gasteiger partial charge in [-0.3, -0.25) is 9.59 Å². The predicted molar refractivity (Wildman–Crippen MR) is 118 cm³/mol. The van der Waals surface area contributed by atoms with E-state index in [2.05, 4.69) is 4.98 Å². The van der Waals surface area contributed by atoms with Crippen molar-refractivity contribution in [3.8, 4) is 11.3 Å². The number of halogens is 1. The summed E-state index contributed by atoms with van der Waals surface area (Å²) in [6.45, 7) is 1.08.